The number of morpholine rings is 1. The normalized spacial score (nSPS) is 19.2. The van der Waals surface area contributed by atoms with Gasteiger partial charge in [0.2, 0.25) is 0 Å². The van der Waals surface area contributed by atoms with Crippen LogP contribution in [0, 0.1) is 5.82 Å². The number of nitrogens with zero attached hydrogens (tertiary/aromatic N) is 4. The lowest BCUT2D eigenvalue weighted by molar-refractivity contribution is 0.0500. The highest BCUT2D eigenvalue weighted by Crippen LogP contribution is 2.41. The summed E-state index contributed by atoms with van der Waals surface area (Å²) in [5.74, 6) is 0.915. The van der Waals surface area contributed by atoms with Crippen molar-refractivity contribution in [1.82, 2.24) is 19.9 Å². The summed E-state index contributed by atoms with van der Waals surface area (Å²) >= 11 is 0. The number of amides is 1. The Balaban J connectivity index is 1.52. The number of ether oxygens (including phenoxy) is 1. The molecule has 0 spiro atoms. The number of hydrogen-bond acceptors (Lipinski definition) is 5. The first-order valence-electron chi connectivity index (χ1n) is 12.7. The van der Waals surface area contributed by atoms with E-state index in [1.54, 1.807) is 12.1 Å². The fraction of sp³-hybridized carbons (Fsp3) is 0.345. The molecule has 1 unspecified atom stereocenters. The number of fused-ring (bicyclic) bond motifs is 2. The van der Waals surface area contributed by atoms with E-state index in [0.29, 0.717) is 37.6 Å². The number of benzene rings is 2. The number of H-pyrrole nitrogens is 1. The van der Waals surface area contributed by atoms with Gasteiger partial charge in [-0.3, -0.25) is 4.79 Å². The zero-order valence-electron chi connectivity index (χ0n) is 21.3. The topological polar surface area (TPSA) is 74.3 Å². The molecule has 1 amide bonds. The summed E-state index contributed by atoms with van der Waals surface area (Å²) in [4.78, 5) is 31.3. The van der Waals surface area contributed by atoms with Crippen molar-refractivity contribution in [3.8, 4) is 11.4 Å². The molecule has 4 heterocycles. The Labute approximate surface area is 215 Å². The van der Waals surface area contributed by atoms with E-state index >= 15 is 0 Å². The van der Waals surface area contributed by atoms with Gasteiger partial charge in [-0.2, -0.15) is 0 Å². The van der Waals surface area contributed by atoms with Crippen molar-refractivity contribution >= 4 is 22.6 Å². The van der Waals surface area contributed by atoms with Crippen LogP contribution in [0.5, 0.6) is 0 Å². The first-order chi connectivity index (χ1) is 17.8. The van der Waals surface area contributed by atoms with E-state index in [0.717, 1.165) is 40.1 Å². The van der Waals surface area contributed by atoms with E-state index in [-0.39, 0.29) is 11.9 Å². The van der Waals surface area contributed by atoms with Crippen molar-refractivity contribution < 1.29 is 13.9 Å². The smallest absolute Gasteiger partial charge is 0.254 e. The monoisotopic (exact) mass is 499 g/mol. The summed E-state index contributed by atoms with van der Waals surface area (Å²) in [5.41, 5.74) is 3.45. The van der Waals surface area contributed by atoms with Gasteiger partial charge in [-0.25, -0.2) is 14.4 Å². The third-order valence-electron chi connectivity index (χ3n) is 7.62. The van der Waals surface area contributed by atoms with E-state index in [4.69, 9.17) is 14.7 Å². The predicted octanol–water partition coefficient (Wildman–Crippen LogP) is 4.92. The lowest BCUT2D eigenvalue weighted by Gasteiger charge is -2.45. The Morgan fingerprint density at radius 1 is 1.14 bits per heavy atom. The molecular formula is C29H30FN5O2. The van der Waals surface area contributed by atoms with Crippen molar-refractivity contribution in [2.45, 2.75) is 38.8 Å². The standard InChI is InChI=1S/C29H30FN5O2/c1-18-17-37-15-14-34(18)27-23-11-13-35(28(36)19-6-4-7-20(30)16-19)29(2,3)25(23)32-26(33-27)22-8-5-9-24-21(22)10-12-31-24/h4-10,12,16,18,31H,11,13-15,17H2,1-3H3. The van der Waals surface area contributed by atoms with Crippen LogP contribution in [0.3, 0.4) is 0 Å². The molecule has 0 radical (unpaired) electrons. The molecule has 2 aromatic heterocycles. The highest BCUT2D eigenvalue weighted by atomic mass is 19.1. The second-order valence-electron chi connectivity index (χ2n) is 10.3. The molecule has 2 aliphatic heterocycles. The average molecular weight is 500 g/mol. The minimum atomic E-state index is -0.731. The van der Waals surface area contributed by atoms with Crippen LogP contribution in [0.15, 0.2) is 54.7 Å². The van der Waals surface area contributed by atoms with Crippen LogP contribution < -0.4 is 4.90 Å². The Morgan fingerprint density at radius 2 is 1.97 bits per heavy atom. The highest BCUT2D eigenvalue weighted by molar-refractivity contribution is 5.95. The molecule has 37 heavy (non-hydrogen) atoms. The molecule has 8 heteroatoms. The van der Waals surface area contributed by atoms with Crippen molar-refractivity contribution in [2.24, 2.45) is 0 Å². The third-order valence-corrected chi connectivity index (χ3v) is 7.62. The molecule has 2 aliphatic rings. The first-order valence-corrected chi connectivity index (χ1v) is 12.7. The molecule has 1 saturated heterocycles. The van der Waals surface area contributed by atoms with Gasteiger partial charge in [-0.05, 0) is 57.5 Å². The van der Waals surface area contributed by atoms with Crippen LogP contribution in [0.1, 0.15) is 42.4 Å². The average Bonchev–Trinajstić information content (AvgIpc) is 3.37. The summed E-state index contributed by atoms with van der Waals surface area (Å²) < 4.78 is 19.7. The van der Waals surface area contributed by atoms with Gasteiger partial charge in [0.15, 0.2) is 5.82 Å². The molecule has 2 aromatic carbocycles. The van der Waals surface area contributed by atoms with Gasteiger partial charge in [-0.1, -0.05) is 18.2 Å². The predicted molar refractivity (Wildman–Crippen MR) is 141 cm³/mol. The lowest BCUT2D eigenvalue weighted by atomic mass is 9.86. The first kappa shape index (κ1) is 23.6. The Morgan fingerprint density at radius 3 is 2.78 bits per heavy atom. The molecule has 6 rings (SSSR count). The van der Waals surface area contributed by atoms with Crippen molar-refractivity contribution in [1.29, 1.82) is 0 Å². The van der Waals surface area contributed by atoms with Gasteiger partial charge in [0.05, 0.1) is 30.5 Å². The van der Waals surface area contributed by atoms with E-state index in [1.165, 1.54) is 12.1 Å². The van der Waals surface area contributed by atoms with Gasteiger partial charge in [0, 0.05) is 46.9 Å². The van der Waals surface area contributed by atoms with Crippen LogP contribution in [0.2, 0.25) is 0 Å². The fourth-order valence-corrected chi connectivity index (χ4v) is 5.65. The summed E-state index contributed by atoms with van der Waals surface area (Å²) in [6, 6.07) is 14.2. The van der Waals surface area contributed by atoms with Crippen LogP contribution in [0.4, 0.5) is 10.2 Å². The second-order valence-corrected chi connectivity index (χ2v) is 10.3. The molecule has 0 saturated carbocycles. The van der Waals surface area contributed by atoms with Gasteiger partial charge in [0.1, 0.15) is 11.6 Å². The number of nitrogens with one attached hydrogen (secondary N) is 1. The largest absolute Gasteiger partial charge is 0.377 e. The number of carbonyl (C=O) groups is 1. The van der Waals surface area contributed by atoms with Gasteiger partial charge in [0.25, 0.3) is 5.91 Å². The van der Waals surface area contributed by atoms with Crippen molar-refractivity contribution in [3.05, 3.63) is 77.4 Å². The minimum absolute atomic E-state index is 0.165. The summed E-state index contributed by atoms with van der Waals surface area (Å²) in [6.07, 6.45) is 2.54. The molecule has 1 fully saturated rings. The van der Waals surface area contributed by atoms with E-state index in [1.807, 2.05) is 49.2 Å². The Kier molecular flexibility index (Phi) is 5.71. The van der Waals surface area contributed by atoms with Crippen LogP contribution in [0.25, 0.3) is 22.3 Å². The van der Waals surface area contributed by atoms with Gasteiger partial charge >= 0.3 is 0 Å². The number of hydrogen-bond donors (Lipinski definition) is 1. The molecule has 0 bridgehead atoms. The van der Waals surface area contributed by atoms with Crippen LogP contribution >= 0.6 is 0 Å². The molecule has 0 aliphatic carbocycles. The number of rotatable bonds is 3. The lowest BCUT2D eigenvalue weighted by Crippen LogP contribution is -2.52. The molecule has 1 N–H and O–H groups in total. The molecule has 190 valence electrons. The molecule has 1 atom stereocenters. The minimum Gasteiger partial charge on any atom is -0.377 e. The maximum absolute atomic E-state index is 14.0. The maximum Gasteiger partial charge on any atom is 0.254 e. The van der Waals surface area contributed by atoms with E-state index < -0.39 is 11.4 Å². The second kappa shape index (κ2) is 8.95. The van der Waals surface area contributed by atoms with E-state index in [9.17, 15) is 9.18 Å². The Bertz CT molecular complexity index is 1500. The number of halogens is 1. The van der Waals surface area contributed by atoms with Crippen LogP contribution in [-0.4, -0.2) is 58.1 Å². The highest BCUT2D eigenvalue weighted by Gasteiger charge is 2.42. The van der Waals surface area contributed by atoms with Crippen LogP contribution in [-0.2, 0) is 16.7 Å². The molecule has 7 nitrogen and oxygen atoms in total. The quantitative estimate of drug-likeness (QED) is 0.433. The van der Waals surface area contributed by atoms with Gasteiger partial charge < -0.3 is 19.5 Å². The summed E-state index contributed by atoms with van der Waals surface area (Å²) in [5, 5.41) is 1.05. The van der Waals surface area contributed by atoms with Crippen molar-refractivity contribution in [2.75, 3.05) is 31.2 Å². The SMILES string of the molecule is CC1COCCN1c1nc(-c2cccc3[nH]ccc23)nc2c1CCN(C(=O)c1cccc(F)c1)C2(C)C. The zero-order valence-corrected chi connectivity index (χ0v) is 21.3. The number of anilines is 1. The zero-order chi connectivity index (χ0) is 25.7. The van der Waals surface area contributed by atoms with Gasteiger partial charge in [-0.15, -0.1) is 0 Å². The third kappa shape index (κ3) is 3.96. The number of carbonyl (C=O) groups excluding carboxylic acids is 1. The fourth-order valence-electron chi connectivity index (χ4n) is 5.65. The van der Waals surface area contributed by atoms with Crippen molar-refractivity contribution in [3.63, 3.8) is 0 Å². The number of aromatic amines is 1. The maximum atomic E-state index is 14.0. The summed E-state index contributed by atoms with van der Waals surface area (Å²) in [7, 11) is 0. The van der Waals surface area contributed by atoms with E-state index in [2.05, 4.69) is 16.8 Å². The molecular weight excluding hydrogens is 469 g/mol. The summed E-state index contributed by atoms with van der Waals surface area (Å²) in [6.45, 7) is 8.69. The number of aromatic nitrogens is 3. The molecule has 4 aromatic rings. The Hall–Kier alpha value is -3.78.